The second kappa shape index (κ2) is 7.06. The summed E-state index contributed by atoms with van der Waals surface area (Å²) in [4.78, 5) is 0. The van der Waals surface area contributed by atoms with Crippen molar-refractivity contribution in [3.63, 3.8) is 0 Å². The van der Waals surface area contributed by atoms with Crippen LogP contribution in [-0.2, 0) is 4.74 Å². The van der Waals surface area contributed by atoms with Crippen LogP contribution in [0.5, 0.6) is 0 Å². The van der Waals surface area contributed by atoms with E-state index >= 15 is 0 Å². The van der Waals surface area contributed by atoms with Gasteiger partial charge >= 0.3 is 0 Å². The molecule has 1 fully saturated rings. The normalized spacial score (nSPS) is 20.7. The molecule has 1 saturated heterocycles. The molecule has 1 aromatic rings. The molecular weight excluding hydrogens is 234 g/mol. The molecule has 1 heterocycles. The Hall–Kier alpha value is -0.860. The maximum atomic E-state index is 5.69. The van der Waals surface area contributed by atoms with Crippen molar-refractivity contribution in [1.82, 2.24) is 5.32 Å². The summed E-state index contributed by atoms with van der Waals surface area (Å²) in [6.45, 7) is 5.33. The Morgan fingerprint density at radius 2 is 2.16 bits per heavy atom. The predicted molar refractivity (Wildman–Crippen MR) is 80.5 cm³/mol. The minimum Gasteiger partial charge on any atom is -0.378 e. The van der Waals surface area contributed by atoms with Crippen LogP contribution in [0.3, 0.4) is 0 Å². The van der Waals surface area contributed by atoms with E-state index in [4.69, 9.17) is 4.74 Å². The molecule has 0 saturated carbocycles. The van der Waals surface area contributed by atoms with Gasteiger partial charge in [-0.3, -0.25) is 0 Å². The average molecular weight is 261 g/mol. The quantitative estimate of drug-likeness (QED) is 0.838. The summed E-state index contributed by atoms with van der Waals surface area (Å²) in [7, 11) is 2.06. The maximum Gasteiger partial charge on any atom is 0.0576 e. The van der Waals surface area contributed by atoms with Crippen molar-refractivity contribution in [2.75, 3.05) is 13.7 Å². The van der Waals surface area contributed by atoms with Gasteiger partial charge in [-0.25, -0.2) is 0 Å². The van der Waals surface area contributed by atoms with Crippen molar-refractivity contribution >= 4 is 0 Å². The van der Waals surface area contributed by atoms with Crippen molar-refractivity contribution in [2.24, 2.45) is 0 Å². The van der Waals surface area contributed by atoms with Crippen LogP contribution < -0.4 is 5.32 Å². The van der Waals surface area contributed by atoms with Crippen molar-refractivity contribution in [3.05, 3.63) is 34.9 Å². The van der Waals surface area contributed by atoms with E-state index in [0.717, 1.165) is 6.61 Å². The first-order valence-electron chi connectivity index (χ1n) is 7.56. The van der Waals surface area contributed by atoms with Gasteiger partial charge in [-0.2, -0.15) is 0 Å². The fourth-order valence-electron chi connectivity index (χ4n) is 2.88. The molecule has 1 aliphatic heterocycles. The lowest BCUT2D eigenvalue weighted by Crippen LogP contribution is -2.17. The molecule has 0 aliphatic carbocycles. The van der Waals surface area contributed by atoms with Gasteiger partial charge in [0.15, 0.2) is 0 Å². The molecule has 0 amide bonds. The van der Waals surface area contributed by atoms with Gasteiger partial charge in [-0.05, 0) is 69.7 Å². The summed E-state index contributed by atoms with van der Waals surface area (Å²) < 4.78 is 5.69. The fourth-order valence-corrected chi connectivity index (χ4v) is 2.88. The van der Waals surface area contributed by atoms with Gasteiger partial charge in [0.25, 0.3) is 0 Å². The fraction of sp³-hybridized carbons (Fsp3) is 0.647. The van der Waals surface area contributed by atoms with Crippen LogP contribution in [0.4, 0.5) is 0 Å². The predicted octanol–water partition coefficient (Wildman–Crippen LogP) is 3.91. The molecule has 1 aliphatic rings. The van der Waals surface area contributed by atoms with E-state index < -0.39 is 0 Å². The third kappa shape index (κ3) is 4.05. The van der Waals surface area contributed by atoms with Crippen LogP contribution in [0.1, 0.15) is 54.8 Å². The van der Waals surface area contributed by atoms with E-state index in [1.807, 2.05) is 0 Å². The Morgan fingerprint density at radius 3 is 2.79 bits per heavy atom. The van der Waals surface area contributed by atoms with E-state index in [1.54, 1.807) is 0 Å². The van der Waals surface area contributed by atoms with Gasteiger partial charge in [0, 0.05) is 12.6 Å². The third-order valence-electron chi connectivity index (χ3n) is 4.32. The van der Waals surface area contributed by atoms with E-state index in [-0.39, 0.29) is 0 Å². The zero-order chi connectivity index (χ0) is 13.7. The summed E-state index contributed by atoms with van der Waals surface area (Å²) in [6.07, 6.45) is 6.67. The second-order valence-corrected chi connectivity index (χ2v) is 5.75. The third-order valence-corrected chi connectivity index (χ3v) is 4.32. The first-order chi connectivity index (χ1) is 9.20. The number of benzene rings is 1. The second-order valence-electron chi connectivity index (χ2n) is 5.75. The highest BCUT2D eigenvalue weighted by atomic mass is 16.5. The maximum absolute atomic E-state index is 5.69. The highest BCUT2D eigenvalue weighted by Gasteiger charge is 2.16. The minimum atomic E-state index is 0.473. The first-order valence-corrected chi connectivity index (χ1v) is 7.56. The number of hydrogen-bond acceptors (Lipinski definition) is 2. The Balaban J connectivity index is 1.86. The lowest BCUT2D eigenvalue weighted by atomic mass is 9.96. The molecule has 2 heteroatoms. The van der Waals surface area contributed by atoms with Crippen LogP contribution in [-0.4, -0.2) is 19.8 Å². The van der Waals surface area contributed by atoms with Crippen LogP contribution in [0.15, 0.2) is 18.2 Å². The zero-order valence-corrected chi connectivity index (χ0v) is 12.5. The molecule has 19 heavy (non-hydrogen) atoms. The first kappa shape index (κ1) is 14.5. The number of nitrogens with one attached hydrogen (secondary N) is 1. The smallest absolute Gasteiger partial charge is 0.0576 e. The minimum absolute atomic E-state index is 0.473. The van der Waals surface area contributed by atoms with E-state index in [0.29, 0.717) is 12.1 Å². The Morgan fingerprint density at radius 1 is 1.32 bits per heavy atom. The molecule has 0 aromatic heterocycles. The number of ether oxygens (including phenoxy) is 1. The van der Waals surface area contributed by atoms with Crippen LogP contribution >= 0.6 is 0 Å². The van der Waals surface area contributed by atoms with Crippen molar-refractivity contribution in [2.45, 2.75) is 58.1 Å². The molecular formula is C17H27NO. The molecule has 2 unspecified atom stereocenters. The monoisotopic (exact) mass is 261 g/mol. The van der Waals surface area contributed by atoms with Crippen molar-refractivity contribution < 1.29 is 4.74 Å². The van der Waals surface area contributed by atoms with Gasteiger partial charge in [-0.1, -0.05) is 18.2 Å². The van der Waals surface area contributed by atoms with Gasteiger partial charge in [-0.15, -0.1) is 0 Å². The summed E-state index contributed by atoms with van der Waals surface area (Å²) in [5.74, 6) is 0. The van der Waals surface area contributed by atoms with E-state index in [9.17, 15) is 0 Å². The Kier molecular flexibility index (Phi) is 5.41. The topological polar surface area (TPSA) is 21.3 Å². The zero-order valence-electron chi connectivity index (χ0n) is 12.5. The Bertz CT molecular complexity index is 396. The van der Waals surface area contributed by atoms with Gasteiger partial charge < -0.3 is 10.1 Å². The van der Waals surface area contributed by atoms with Crippen molar-refractivity contribution in [3.8, 4) is 0 Å². The van der Waals surface area contributed by atoms with E-state index in [2.05, 4.69) is 44.4 Å². The molecule has 2 rings (SSSR count). The molecule has 106 valence electrons. The molecule has 0 spiro atoms. The molecule has 1 aromatic carbocycles. The van der Waals surface area contributed by atoms with Crippen LogP contribution in [0.2, 0.25) is 0 Å². The number of rotatable bonds is 6. The largest absolute Gasteiger partial charge is 0.378 e. The Labute approximate surface area is 117 Å². The summed E-state index contributed by atoms with van der Waals surface area (Å²) >= 11 is 0. The lowest BCUT2D eigenvalue weighted by Gasteiger charge is -2.19. The highest BCUT2D eigenvalue weighted by molar-refractivity contribution is 5.31. The molecule has 0 bridgehead atoms. The molecule has 1 N–H and O–H groups in total. The summed E-state index contributed by atoms with van der Waals surface area (Å²) in [5, 5.41) is 3.45. The lowest BCUT2D eigenvalue weighted by molar-refractivity contribution is 0.101. The SMILES string of the molecule is CNC(CCCC1CCCO1)c1ccc(C)c(C)c1. The summed E-state index contributed by atoms with van der Waals surface area (Å²) in [5.41, 5.74) is 4.17. The van der Waals surface area contributed by atoms with Crippen LogP contribution in [0.25, 0.3) is 0 Å². The highest BCUT2D eigenvalue weighted by Crippen LogP contribution is 2.24. The standard InChI is InChI=1S/C17H27NO/c1-13-9-10-15(12-14(13)2)17(18-3)8-4-6-16-7-5-11-19-16/h9-10,12,16-18H,4-8,11H2,1-3H3. The van der Waals surface area contributed by atoms with Crippen molar-refractivity contribution in [1.29, 1.82) is 0 Å². The average Bonchev–Trinajstić information content (AvgIpc) is 2.91. The van der Waals surface area contributed by atoms with Gasteiger partial charge in [0.2, 0.25) is 0 Å². The van der Waals surface area contributed by atoms with Gasteiger partial charge in [0.1, 0.15) is 0 Å². The molecule has 0 radical (unpaired) electrons. The van der Waals surface area contributed by atoms with Gasteiger partial charge in [0.05, 0.1) is 6.10 Å². The summed E-state index contributed by atoms with van der Waals surface area (Å²) in [6, 6.07) is 7.29. The number of aryl methyl sites for hydroxylation is 2. The molecule has 2 atom stereocenters. The van der Waals surface area contributed by atoms with E-state index in [1.165, 1.54) is 48.8 Å². The van der Waals surface area contributed by atoms with Crippen LogP contribution in [0, 0.1) is 13.8 Å². The number of hydrogen-bond donors (Lipinski definition) is 1. The molecule has 2 nitrogen and oxygen atoms in total.